The smallest absolute Gasteiger partial charge is 0.309 e. The third-order valence-corrected chi connectivity index (χ3v) is 4.36. The van der Waals surface area contributed by atoms with E-state index in [0.29, 0.717) is 11.8 Å². The predicted molar refractivity (Wildman–Crippen MR) is 61.8 cm³/mol. The molecule has 0 aromatic rings. The molecule has 1 rings (SSSR count). The van der Waals surface area contributed by atoms with Gasteiger partial charge < -0.3 is 5.11 Å². The average molecular weight is 212 g/mol. The summed E-state index contributed by atoms with van der Waals surface area (Å²) >= 11 is 0. The van der Waals surface area contributed by atoms with Gasteiger partial charge in [0.1, 0.15) is 0 Å². The quantitative estimate of drug-likeness (QED) is 0.771. The lowest BCUT2D eigenvalue weighted by molar-refractivity contribution is -0.156. The van der Waals surface area contributed by atoms with Crippen LogP contribution in [-0.4, -0.2) is 11.1 Å². The van der Waals surface area contributed by atoms with E-state index in [9.17, 15) is 9.90 Å². The predicted octanol–water partition coefficient (Wildman–Crippen LogP) is 3.70. The molecule has 1 N–H and O–H groups in total. The minimum absolute atomic E-state index is 0.363. The van der Waals surface area contributed by atoms with Crippen molar-refractivity contribution in [2.75, 3.05) is 0 Å². The molecule has 88 valence electrons. The van der Waals surface area contributed by atoms with E-state index in [4.69, 9.17) is 0 Å². The van der Waals surface area contributed by atoms with E-state index in [2.05, 4.69) is 20.8 Å². The van der Waals surface area contributed by atoms with Crippen LogP contribution in [0.1, 0.15) is 59.3 Å². The van der Waals surface area contributed by atoms with Gasteiger partial charge >= 0.3 is 5.97 Å². The van der Waals surface area contributed by atoms with E-state index in [1.807, 2.05) is 0 Å². The van der Waals surface area contributed by atoms with Crippen LogP contribution >= 0.6 is 0 Å². The molecule has 0 amide bonds. The second-order valence-corrected chi connectivity index (χ2v) is 5.16. The lowest BCUT2D eigenvalue weighted by Gasteiger charge is -2.41. The van der Waals surface area contributed by atoms with Crippen LogP contribution in [0.4, 0.5) is 0 Å². The summed E-state index contributed by atoms with van der Waals surface area (Å²) < 4.78 is 0. The summed E-state index contributed by atoms with van der Waals surface area (Å²) in [6.45, 7) is 6.48. The number of carbonyl (C=O) groups is 1. The Morgan fingerprint density at radius 3 is 2.13 bits per heavy atom. The minimum Gasteiger partial charge on any atom is -0.481 e. The van der Waals surface area contributed by atoms with Crippen molar-refractivity contribution in [2.45, 2.75) is 59.3 Å². The molecule has 0 spiro atoms. The maximum atomic E-state index is 11.5. The monoisotopic (exact) mass is 212 g/mol. The number of rotatable bonds is 4. The number of hydrogen-bond acceptors (Lipinski definition) is 1. The van der Waals surface area contributed by atoms with Crippen LogP contribution in [0.25, 0.3) is 0 Å². The van der Waals surface area contributed by atoms with Crippen molar-refractivity contribution in [1.82, 2.24) is 0 Å². The van der Waals surface area contributed by atoms with Gasteiger partial charge in [-0.1, -0.05) is 33.6 Å². The minimum atomic E-state index is -0.553. The molecule has 0 saturated heterocycles. The van der Waals surface area contributed by atoms with Crippen molar-refractivity contribution in [3.8, 4) is 0 Å². The highest BCUT2D eigenvalue weighted by molar-refractivity contribution is 5.75. The maximum absolute atomic E-state index is 11.5. The van der Waals surface area contributed by atoms with Crippen LogP contribution in [-0.2, 0) is 4.79 Å². The molecule has 0 bridgehead atoms. The Hall–Kier alpha value is -0.530. The summed E-state index contributed by atoms with van der Waals surface area (Å²) in [6, 6.07) is 0. The molecule has 0 aromatic carbocycles. The molecular weight excluding hydrogens is 188 g/mol. The van der Waals surface area contributed by atoms with Crippen molar-refractivity contribution < 1.29 is 9.90 Å². The van der Waals surface area contributed by atoms with Crippen LogP contribution in [0.15, 0.2) is 0 Å². The Labute approximate surface area is 93.1 Å². The molecule has 0 aromatic heterocycles. The highest BCUT2D eigenvalue weighted by atomic mass is 16.4. The zero-order valence-electron chi connectivity index (χ0n) is 10.3. The summed E-state index contributed by atoms with van der Waals surface area (Å²) in [5.41, 5.74) is -0.407. The molecule has 0 heterocycles. The standard InChI is InChI=1S/C13H24O2/c1-4-11(5-2)13(12(14)15)8-6-10(3)7-9-13/h10-11H,4-9H2,1-3H3,(H,14,15). The number of carboxylic acids is 1. The second-order valence-electron chi connectivity index (χ2n) is 5.16. The zero-order chi connectivity index (χ0) is 11.5. The molecule has 0 atom stereocenters. The fourth-order valence-electron chi connectivity index (χ4n) is 3.14. The Bertz CT molecular complexity index is 211. The molecule has 1 aliphatic carbocycles. The lowest BCUT2D eigenvalue weighted by atomic mass is 9.62. The molecule has 0 aliphatic heterocycles. The van der Waals surface area contributed by atoms with Gasteiger partial charge in [0, 0.05) is 0 Å². The van der Waals surface area contributed by atoms with Crippen LogP contribution in [0, 0.1) is 17.3 Å². The number of carboxylic acid groups (broad SMARTS) is 1. The Morgan fingerprint density at radius 1 is 1.33 bits per heavy atom. The van der Waals surface area contributed by atoms with Gasteiger partial charge in [-0.05, 0) is 37.5 Å². The van der Waals surface area contributed by atoms with E-state index in [0.717, 1.165) is 38.5 Å². The summed E-state index contributed by atoms with van der Waals surface area (Å²) in [5.74, 6) is 0.525. The van der Waals surface area contributed by atoms with E-state index < -0.39 is 11.4 Å². The highest BCUT2D eigenvalue weighted by Crippen LogP contribution is 2.47. The first-order valence-electron chi connectivity index (χ1n) is 6.30. The summed E-state index contributed by atoms with van der Waals surface area (Å²) in [6.07, 6.45) is 5.94. The summed E-state index contributed by atoms with van der Waals surface area (Å²) in [5, 5.41) is 9.51. The van der Waals surface area contributed by atoms with E-state index >= 15 is 0 Å². The highest BCUT2D eigenvalue weighted by Gasteiger charge is 2.45. The Kier molecular flexibility index (Phi) is 4.18. The van der Waals surface area contributed by atoms with Gasteiger partial charge in [-0.3, -0.25) is 4.79 Å². The topological polar surface area (TPSA) is 37.3 Å². The third-order valence-electron chi connectivity index (χ3n) is 4.36. The number of aliphatic carboxylic acids is 1. The zero-order valence-corrected chi connectivity index (χ0v) is 10.3. The van der Waals surface area contributed by atoms with Crippen LogP contribution in [0.3, 0.4) is 0 Å². The van der Waals surface area contributed by atoms with Gasteiger partial charge in [0.15, 0.2) is 0 Å². The van der Waals surface area contributed by atoms with Crippen LogP contribution < -0.4 is 0 Å². The first kappa shape index (κ1) is 12.5. The molecule has 2 nitrogen and oxygen atoms in total. The number of hydrogen-bond donors (Lipinski definition) is 1. The van der Waals surface area contributed by atoms with Gasteiger partial charge in [0.2, 0.25) is 0 Å². The van der Waals surface area contributed by atoms with E-state index in [1.165, 1.54) is 0 Å². The molecule has 0 unspecified atom stereocenters. The fourth-order valence-corrected chi connectivity index (χ4v) is 3.14. The molecule has 1 aliphatic rings. The summed E-state index contributed by atoms with van der Waals surface area (Å²) in [7, 11) is 0. The largest absolute Gasteiger partial charge is 0.481 e. The van der Waals surface area contributed by atoms with E-state index in [-0.39, 0.29) is 0 Å². The molecule has 2 heteroatoms. The molecule has 1 fully saturated rings. The third kappa shape index (κ3) is 2.35. The van der Waals surface area contributed by atoms with Crippen molar-refractivity contribution in [1.29, 1.82) is 0 Å². The van der Waals surface area contributed by atoms with Gasteiger partial charge in [-0.25, -0.2) is 0 Å². The van der Waals surface area contributed by atoms with Gasteiger partial charge in [0.05, 0.1) is 5.41 Å². The van der Waals surface area contributed by atoms with Crippen molar-refractivity contribution >= 4 is 5.97 Å². The summed E-state index contributed by atoms with van der Waals surface area (Å²) in [4.78, 5) is 11.5. The SMILES string of the molecule is CCC(CC)C1(C(=O)O)CCC(C)CC1. The first-order chi connectivity index (χ1) is 7.06. The molecule has 1 saturated carbocycles. The van der Waals surface area contributed by atoms with Gasteiger partial charge in [-0.15, -0.1) is 0 Å². The maximum Gasteiger partial charge on any atom is 0.309 e. The van der Waals surface area contributed by atoms with Crippen molar-refractivity contribution in [3.05, 3.63) is 0 Å². The van der Waals surface area contributed by atoms with Crippen molar-refractivity contribution in [2.24, 2.45) is 17.3 Å². The normalized spacial score (nSPS) is 31.9. The molecule has 0 radical (unpaired) electrons. The lowest BCUT2D eigenvalue weighted by Crippen LogP contribution is -2.41. The molecular formula is C13H24O2. The van der Waals surface area contributed by atoms with Crippen molar-refractivity contribution in [3.63, 3.8) is 0 Å². The first-order valence-corrected chi connectivity index (χ1v) is 6.30. The Balaban J connectivity index is 2.83. The van der Waals surface area contributed by atoms with Gasteiger partial charge in [-0.2, -0.15) is 0 Å². The average Bonchev–Trinajstić information content (AvgIpc) is 2.22. The second kappa shape index (κ2) is 5.00. The van der Waals surface area contributed by atoms with E-state index in [1.54, 1.807) is 0 Å². The van der Waals surface area contributed by atoms with Gasteiger partial charge in [0.25, 0.3) is 0 Å². The van der Waals surface area contributed by atoms with Crippen LogP contribution in [0.5, 0.6) is 0 Å². The molecule has 15 heavy (non-hydrogen) atoms. The Morgan fingerprint density at radius 2 is 1.80 bits per heavy atom. The van der Waals surface area contributed by atoms with Crippen LogP contribution in [0.2, 0.25) is 0 Å². The fraction of sp³-hybridized carbons (Fsp3) is 0.923.